The van der Waals surface area contributed by atoms with E-state index in [2.05, 4.69) is 32.4 Å². The van der Waals surface area contributed by atoms with E-state index in [1.54, 1.807) is 6.20 Å². The van der Waals surface area contributed by atoms with Crippen LogP contribution < -0.4 is 5.32 Å². The van der Waals surface area contributed by atoms with Crippen LogP contribution in [0, 0.1) is 20.8 Å². The number of nitrogens with one attached hydrogen (secondary N) is 3. The summed E-state index contributed by atoms with van der Waals surface area (Å²) in [6.45, 7) is 6.12. The molecule has 0 atom stereocenters. The molecule has 3 heterocycles. The van der Waals surface area contributed by atoms with Gasteiger partial charge in [-0.2, -0.15) is 5.10 Å². The fourth-order valence-electron chi connectivity index (χ4n) is 2.06. The van der Waals surface area contributed by atoms with Gasteiger partial charge in [-0.05, 0) is 32.4 Å². The molecule has 92 valence electrons. The SMILES string of the molecule is Cc1[nH]nc(Nc2ccnc3[nH]cc(C)c23)c1C. The molecule has 0 aliphatic heterocycles. The number of hydrogen-bond donors (Lipinski definition) is 3. The standard InChI is InChI=1S/C13H15N5/c1-7-6-15-13-11(7)10(4-5-14-13)16-12-8(2)9(3)17-18-12/h4-6H,1-3H3,(H3,14,15,16,17,18). The molecule has 3 rings (SSSR count). The lowest BCUT2D eigenvalue weighted by molar-refractivity contribution is 1.05. The Morgan fingerprint density at radius 1 is 1.22 bits per heavy atom. The largest absolute Gasteiger partial charge is 0.346 e. The molecule has 0 amide bonds. The quantitative estimate of drug-likeness (QED) is 0.646. The van der Waals surface area contributed by atoms with Crippen molar-refractivity contribution in [2.24, 2.45) is 0 Å². The topological polar surface area (TPSA) is 69.4 Å². The first-order chi connectivity index (χ1) is 8.66. The van der Waals surface area contributed by atoms with Crippen molar-refractivity contribution in [3.05, 3.63) is 35.3 Å². The smallest absolute Gasteiger partial charge is 0.155 e. The summed E-state index contributed by atoms with van der Waals surface area (Å²) in [6.07, 6.45) is 3.75. The third-order valence-corrected chi connectivity index (χ3v) is 3.28. The van der Waals surface area contributed by atoms with Gasteiger partial charge < -0.3 is 10.3 Å². The fraction of sp³-hybridized carbons (Fsp3) is 0.231. The number of rotatable bonds is 2. The van der Waals surface area contributed by atoms with Crippen LogP contribution in [-0.2, 0) is 0 Å². The summed E-state index contributed by atoms with van der Waals surface area (Å²) >= 11 is 0. The number of aromatic nitrogens is 4. The molecule has 0 saturated carbocycles. The number of H-pyrrole nitrogens is 2. The average Bonchev–Trinajstić information content (AvgIpc) is 2.89. The Hall–Kier alpha value is -2.30. The van der Waals surface area contributed by atoms with E-state index in [-0.39, 0.29) is 0 Å². The number of aromatic amines is 2. The summed E-state index contributed by atoms with van der Waals surface area (Å²) in [6, 6.07) is 1.96. The summed E-state index contributed by atoms with van der Waals surface area (Å²) in [5.74, 6) is 0.862. The van der Waals surface area contributed by atoms with Crippen LogP contribution in [0.15, 0.2) is 18.5 Å². The number of aryl methyl sites for hydroxylation is 2. The Labute approximate surface area is 105 Å². The van der Waals surface area contributed by atoms with Crippen molar-refractivity contribution in [2.45, 2.75) is 20.8 Å². The van der Waals surface area contributed by atoms with Gasteiger partial charge in [0.2, 0.25) is 0 Å². The van der Waals surface area contributed by atoms with E-state index in [1.165, 1.54) is 5.56 Å². The Bertz CT molecular complexity index is 707. The third-order valence-electron chi connectivity index (χ3n) is 3.28. The van der Waals surface area contributed by atoms with Gasteiger partial charge in [-0.1, -0.05) is 0 Å². The Morgan fingerprint density at radius 2 is 2.06 bits per heavy atom. The Kier molecular flexibility index (Phi) is 2.33. The molecular formula is C13H15N5. The minimum Gasteiger partial charge on any atom is -0.346 e. The highest BCUT2D eigenvalue weighted by Crippen LogP contribution is 2.28. The number of hydrogen-bond acceptors (Lipinski definition) is 3. The molecule has 0 bridgehead atoms. The van der Waals surface area contributed by atoms with Gasteiger partial charge in [0.05, 0.1) is 5.69 Å². The molecule has 3 N–H and O–H groups in total. The molecule has 0 aliphatic carbocycles. The maximum atomic E-state index is 4.31. The van der Waals surface area contributed by atoms with Crippen molar-refractivity contribution >= 4 is 22.5 Å². The molecule has 18 heavy (non-hydrogen) atoms. The molecule has 0 aliphatic rings. The van der Waals surface area contributed by atoms with Gasteiger partial charge in [0.25, 0.3) is 0 Å². The van der Waals surface area contributed by atoms with Crippen molar-refractivity contribution in [3.8, 4) is 0 Å². The summed E-state index contributed by atoms with van der Waals surface area (Å²) in [5.41, 5.74) is 5.29. The highest BCUT2D eigenvalue weighted by molar-refractivity contribution is 5.93. The van der Waals surface area contributed by atoms with Gasteiger partial charge in [-0.3, -0.25) is 5.10 Å². The summed E-state index contributed by atoms with van der Waals surface area (Å²) in [5, 5.41) is 11.7. The van der Waals surface area contributed by atoms with E-state index in [9.17, 15) is 0 Å². The lowest BCUT2D eigenvalue weighted by Crippen LogP contribution is -1.94. The van der Waals surface area contributed by atoms with Crippen LogP contribution in [0.5, 0.6) is 0 Å². The molecule has 0 radical (unpaired) electrons. The molecule has 5 heteroatoms. The Morgan fingerprint density at radius 3 is 2.78 bits per heavy atom. The highest BCUT2D eigenvalue weighted by atomic mass is 15.2. The number of pyridine rings is 1. The van der Waals surface area contributed by atoms with Gasteiger partial charge in [-0.25, -0.2) is 4.98 Å². The molecule has 0 spiro atoms. The molecule has 3 aromatic heterocycles. The van der Waals surface area contributed by atoms with Crippen molar-refractivity contribution in [1.82, 2.24) is 20.2 Å². The lowest BCUT2D eigenvalue weighted by Gasteiger charge is -2.06. The predicted octanol–water partition coefficient (Wildman–Crippen LogP) is 2.95. The van der Waals surface area contributed by atoms with Crippen molar-refractivity contribution in [2.75, 3.05) is 5.32 Å². The number of anilines is 2. The normalized spacial score (nSPS) is 11.1. The minimum absolute atomic E-state index is 0.862. The van der Waals surface area contributed by atoms with E-state index in [0.717, 1.165) is 33.8 Å². The minimum atomic E-state index is 0.862. The second kappa shape index (κ2) is 3.87. The monoisotopic (exact) mass is 241 g/mol. The van der Waals surface area contributed by atoms with Crippen LogP contribution in [-0.4, -0.2) is 20.2 Å². The molecule has 3 aromatic rings. The first-order valence-corrected chi connectivity index (χ1v) is 5.88. The van der Waals surface area contributed by atoms with Crippen molar-refractivity contribution < 1.29 is 0 Å². The summed E-state index contributed by atoms with van der Waals surface area (Å²) in [7, 11) is 0. The van der Waals surface area contributed by atoms with Gasteiger partial charge in [0.1, 0.15) is 5.65 Å². The van der Waals surface area contributed by atoms with Crippen molar-refractivity contribution in [1.29, 1.82) is 0 Å². The highest BCUT2D eigenvalue weighted by Gasteiger charge is 2.10. The molecule has 0 fully saturated rings. The second-order valence-corrected chi connectivity index (χ2v) is 4.50. The first kappa shape index (κ1) is 10.8. The maximum Gasteiger partial charge on any atom is 0.155 e. The van der Waals surface area contributed by atoms with Crippen LogP contribution in [0.2, 0.25) is 0 Å². The van der Waals surface area contributed by atoms with Crippen LogP contribution in [0.1, 0.15) is 16.8 Å². The number of nitrogens with zero attached hydrogens (tertiary/aromatic N) is 2. The summed E-state index contributed by atoms with van der Waals surface area (Å²) in [4.78, 5) is 7.46. The Balaban J connectivity index is 2.10. The molecular weight excluding hydrogens is 226 g/mol. The zero-order chi connectivity index (χ0) is 12.7. The van der Waals surface area contributed by atoms with Gasteiger partial charge in [-0.15, -0.1) is 0 Å². The fourth-order valence-corrected chi connectivity index (χ4v) is 2.06. The zero-order valence-corrected chi connectivity index (χ0v) is 10.6. The van der Waals surface area contributed by atoms with E-state index >= 15 is 0 Å². The van der Waals surface area contributed by atoms with E-state index in [4.69, 9.17) is 0 Å². The van der Waals surface area contributed by atoms with Crippen LogP contribution in [0.4, 0.5) is 11.5 Å². The van der Waals surface area contributed by atoms with Gasteiger partial charge >= 0.3 is 0 Å². The van der Waals surface area contributed by atoms with Crippen LogP contribution >= 0.6 is 0 Å². The van der Waals surface area contributed by atoms with Crippen LogP contribution in [0.25, 0.3) is 11.0 Å². The van der Waals surface area contributed by atoms with E-state index in [1.807, 2.05) is 26.1 Å². The second-order valence-electron chi connectivity index (χ2n) is 4.50. The molecule has 0 aromatic carbocycles. The van der Waals surface area contributed by atoms with E-state index in [0.29, 0.717) is 0 Å². The van der Waals surface area contributed by atoms with Gasteiger partial charge in [0.15, 0.2) is 5.82 Å². The molecule has 0 unspecified atom stereocenters. The van der Waals surface area contributed by atoms with Crippen LogP contribution in [0.3, 0.4) is 0 Å². The first-order valence-electron chi connectivity index (χ1n) is 5.88. The summed E-state index contributed by atoms with van der Waals surface area (Å²) < 4.78 is 0. The lowest BCUT2D eigenvalue weighted by atomic mass is 10.2. The average molecular weight is 241 g/mol. The maximum absolute atomic E-state index is 4.31. The zero-order valence-electron chi connectivity index (χ0n) is 10.6. The van der Waals surface area contributed by atoms with E-state index < -0.39 is 0 Å². The molecule has 5 nitrogen and oxygen atoms in total. The van der Waals surface area contributed by atoms with Gasteiger partial charge in [0, 0.05) is 29.0 Å². The molecule has 0 saturated heterocycles. The predicted molar refractivity (Wildman–Crippen MR) is 72.2 cm³/mol. The number of fused-ring (bicyclic) bond motifs is 1. The third kappa shape index (κ3) is 1.55. The van der Waals surface area contributed by atoms with Crippen molar-refractivity contribution in [3.63, 3.8) is 0 Å².